The fourth-order valence-electron chi connectivity index (χ4n) is 9.85. The molecule has 13 aromatic rings. The minimum absolute atomic E-state index is 0.817. The Hall–Kier alpha value is -9.39. The number of nitrogens with zero attached hydrogens (tertiary/aromatic N) is 6. The molecule has 0 bridgehead atoms. The summed E-state index contributed by atoms with van der Waals surface area (Å²) in [7, 11) is 0. The van der Waals surface area contributed by atoms with Crippen LogP contribution in [0.4, 0.5) is 0 Å². The van der Waals surface area contributed by atoms with Gasteiger partial charge in [0.05, 0.1) is 56.4 Å². The molecule has 6 aromatic heterocycles. The van der Waals surface area contributed by atoms with Gasteiger partial charge in [-0.3, -0.25) is 9.97 Å². The highest BCUT2D eigenvalue weighted by Gasteiger charge is 2.20. The van der Waals surface area contributed by atoms with E-state index in [0.29, 0.717) is 0 Å². The quantitative estimate of drug-likeness (QED) is 0.142. The fraction of sp³-hybridized carbons (Fsp3) is 0. The fourth-order valence-corrected chi connectivity index (χ4v) is 9.85. The van der Waals surface area contributed by atoms with Gasteiger partial charge in [0.25, 0.3) is 0 Å². The molecule has 0 unspecified atom stereocenters. The van der Waals surface area contributed by atoms with Crippen LogP contribution in [0.2, 0.25) is 0 Å². The third kappa shape index (κ3) is 7.19. The smallest absolute Gasteiger partial charge is 0.0893 e. The van der Waals surface area contributed by atoms with Crippen LogP contribution in [-0.4, -0.2) is 29.5 Å². The lowest BCUT2D eigenvalue weighted by Crippen LogP contribution is -1.94. The van der Waals surface area contributed by atoms with Crippen molar-refractivity contribution >= 4 is 43.5 Å². The predicted octanol–water partition coefficient (Wildman–Crippen LogP) is 15.7. The van der Waals surface area contributed by atoms with Gasteiger partial charge in [-0.1, -0.05) is 127 Å². The minimum Gasteiger partial charge on any atom is -0.309 e. The second kappa shape index (κ2) is 16.8. The van der Waals surface area contributed by atoms with Crippen LogP contribution in [0.5, 0.6) is 0 Å². The van der Waals surface area contributed by atoms with E-state index < -0.39 is 0 Å². The molecule has 322 valence electrons. The average molecular weight is 881 g/mol. The van der Waals surface area contributed by atoms with Crippen molar-refractivity contribution in [1.29, 1.82) is 0 Å². The summed E-state index contributed by atoms with van der Waals surface area (Å²) >= 11 is 0. The molecule has 0 fully saturated rings. The van der Waals surface area contributed by atoms with Crippen molar-refractivity contribution in [2.45, 2.75) is 0 Å². The van der Waals surface area contributed by atoms with Crippen molar-refractivity contribution in [3.8, 4) is 84.5 Å². The summed E-state index contributed by atoms with van der Waals surface area (Å²) < 4.78 is 2.38. The van der Waals surface area contributed by atoms with Gasteiger partial charge in [-0.15, -0.1) is 0 Å². The monoisotopic (exact) mass is 880 g/mol. The molecule has 0 radical (unpaired) electrons. The first kappa shape index (κ1) is 39.9. The van der Waals surface area contributed by atoms with Crippen LogP contribution >= 0.6 is 0 Å². The third-order valence-corrected chi connectivity index (χ3v) is 13.1. The van der Waals surface area contributed by atoms with E-state index in [-0.39, 0.29) is 0 Å². The topological polar surface area (TPSA) is 69.4 Å². The highest BCUT2D eigenvalue weighted by molar-refractivity contribution is 6.28. The van der Waals surface area contributed by atoms with Crippen LogP contribution in [0, 0.1) is 0 Å². The summed E-state index contributed by atoms with van der Waals surface area (Å²) in [5.41, 5.74) is 17.8. The zero-order chi connectivity index (χ0) is 45.7. The van der Waals surface area contributed by atoms with Crippen molar-refractivity contribution in [3.05, 3.63) is 243 Å². The van der Waals surface area contributed by atoms with Gasteiger partial charge in [-0.25, -0.2) is 15.0 Å². The van der Waals surface area contributed by atoms with E-state index in [2.05, 4.69) is 184 Å². The summed E-state index contributed by atoms with van der Waals surface area (Å²) in [5, 5.41) is 5.84. The Morgan fingerprint density at radius 3 is 1.48 bits per heavy atom. The molecule has 6 heterocycles. The summed E-state index contributed by atoms with van der Waals surface area (Å²) in [6.45, 7) is 0. The minimum atomic E-state index is 0.817. The number of aromatic nitrogens is 6. The normalized spacial score (nSPS) is 11.5. The summed E-state index contributed by atoms with van der Waals surface area (Å²) in [4.78, 5) is 24.9. The molecule has 0 spiro atoms. The predicted molar refractivity (Wildman–Crippen MR) is 283 cm³/mol. The Labute approximate surface area is 398 Å². The second-order valence-corrected chi connectivity index (χ2v) is 17.3. The van der Waals surface area contributed by atoms with E-state index >= 15 is 0 Å². The van der Waals surface area contributed by atoms with Gasteiger partial charge >= 0.3 is 0 Å². The van der Waals surface area contributed by atoms with Crippen molar-refractivity contribution in [3.63, 3.8) is 0 Å². The van der Waals surface area contributed by atoms with Crippen molar-refractivity contribution < 1.29 is 0 Å². The molecule has 0 aliphatic rings. The van der Waals surface area contributed by atoms with Crippen LogP contribution in [0.15, 0.2) is 243 Å². The summed E-state index contributed by atoms with van der Waals surface area (Å²) in [5.74, 6) is 0. The molecular weight excluding hydrogens is 841 g/mol. The molecule has 6 heteroatoms. The number of hydrogen-bond acceptors (Lipinski definition) is 5. The van der Waals surface area contributed by atoms with E-state index in [4.69, 9.17) is 15.0 Å². The molecule has 0 saturated heterocycles. The zero-order valence-corrected chi connectivity index (χ0v) is 37.3. The largest absolute Gasteiger partial charge is 0.309 e. The van der Waals surface area contributed by atoms with E-state index in [1.807, 2.05) is 60.7 Å². The maximum atomic E-state index is 5.49. The summed E-state index contributed by atoms with van der Waals surface area (Å²) in [6.07, 6.45) is 3.60. The Morgan fingerprint density at radius 1 is 0.275 bits per heavy atom. The highest BCUT2D eigenvalue weighted by atomic mass is 15.0. The molecule has 0 amide bonds. The second-order valence-electron chi connectivity index (χ2n) is 17.3. The van der Waals surface area contributed by atoms with Gasteiger partial charge in [0, 0.05) is 56.3 Å². The molecule has 0 aliphatic carbocycles. The Bertz CT molecular complexity index is 3940. The lowest BCUT2D eigenvalue weighted by Gasteiger charge is -2.14. The third-order valence-electron chi connectivity index (χ3n) is 13.1. The molecule has 0 saturated carbocycles. The van der Waals surface area contributed by atoms with Crippen LogP contribution in [-0.2, 0) is 0 Å². The number of benzene rings is 7. The van der Waals surface area contributed by atoms with E-state index in [9.17, 15) is 0 Å². The first-order chi connectivity index (χ1) is 34.2. The van der Waals surface area contributed by atoms with Crippen LogP contribution < -0.4 is 0 Å². The molecule has 69 heavy (non-hydrogen) atoms. The Kier molecular flexibility index (Phi) is 9.72. The lowest BCUT2D eigenvalue weighted by molar-refractivity contribution is 1.18. The molecule has 7 aromatic carbocycles. The Morgan fingerprint density at radius 2 is 0.826 bits per heavy atom. The van der Waals surface area contributed by atoms with Gasteiger partial charge in [-0.2, -0.15) is 0 Å². The van der Waals surface area contributed by atoms with Gasteiger partial charge in [0.15, 0.2) is 0 Å². The lowest BCUT2D eigenvalue weighted by atomic mass is 9.93. The first-order valence-corrected chi connectivity index (χ1v) is 23.1. The molecule has 0 atom stereocenters. The standard InChI is InChI=1S/C63H40N6/c1-3-15-43(16-4-1)63-62-49(32-34-60-61(62)50-19-7-8-26-59(50)69(60)48-17-5-2-6-18-48)51-40-44(31-33-54(51)68-63)41-27-29-42(30-28-41)45-37-46(52-22-13-24-57(66-52)55-20-9-11-35-64-55)39-47(38-45)53-23-14-25-58(67-53)56-21-10-12-36-65-56/h1-40H. The number of fused-ring (bicyclic) bond motifs is 7. The molecule has 0 N–H and O–H groups in total. The van der Waals surface area contributed by atoms with E-state index in [0.717, 1.165) is 106 Å². The maximum Gasteiger partial charge on any atom is 0.0893 e. The van der Waals surface area contributed by atoms with Crippen LogP contribution in [0.1, 0.15) is 0 Å². The average Bonchev–Trinajstić information content (AvgIpc) is 3.78. The first-order valence-electron chi connectivity index (χ1n) is 23.1. The van der Waals surface area contributed by atoms with Crippen molar-refractivity contribution in [2.75, 3.05) is 0 Å². The molecule has 6 nitrogen and oxygen atoms in total. The zero-order valence-electron chi connectivity index (χ0n) is 37.3. The number of hydrogen-bond donors (Lipinski definition) is 0. The van der Waals surface area contributed by atoms with Gasteiger partial charge in [-0.05, 0) is 131 Å². The molecule has 0 aliphatic heterocycles. The number of pyridine rings is 5. The summed E-state index contributed by atoms with van der Waals surface area (Å²) in [6, 6.07) is 80.8. The number of para-hydroxylation sites is 2. The van der Waals surface area contributed by atoms with Gasteiger partial charge < -0.3 is 4.57 Å². The van der Waals surface area contributed by atoms with Crippen LogP contribution in [0.3, 0.4) is 0 Å². The van der Waals surface area contributed by atoms with E-state index in [1.54, 1.807) is 12.4 Å². The maximum absolute atomic E-state index is 5.49. The van der Waals surface area contributed by atoms with Gasteiger partial charge in [0.1, 0.15) is 0 Å². The number of rotatable bonds is 8. The van der Waals surface area contributed by atoms with Crippen molar-refractivity contribution in [2.24, 2.45) is 0 Å². The molecular formula is C63H40N6. The Balaban J connectivity index is 0.944. The van der Waals surface area contributed by atoms with E-state index in [1.165, 1.54) is 21.7 Å². The SMILES string of the molecule is c1ccc(-c2nc3ccc(-c4ccc(-c5cc(-c6cccc(-c7ccccn7)n6)cc(-c6cccc(-c7ccccn7)n6)c5)cc4)cc3c3ccc4c(c5ccccc5n4-c4ccccc4)c23)cc1. The van der Waals surface area contributed by atoms with Crippen molar-refractivity contribution in [1.82, 2.24) is 29.5 Å². The molecule has 13 rings (SSSR count). The van der Waals surface area contributed by atoms with Gasteiger partial charge in [0.2, 0.25) is 0 Å². The van der Waals surface area contributed by atoms with Crippen LogP contribution in [0.25, 0.3) is 128 Å². The highest BCUT2D eigenvalue weighted by Crippen LogP contribution is 2.43.